The summed E-state index contributed by atoms with van der Waals surface area (Å²) in [5.41, 5.74) is 0.655. The van der Waals surface area contributed by atoms with Crippen LogP contribution in [-0.2, 0) is 4.79 Å². The van der Waals surface area contributed by atoms with E-state index in [1.54, 1.807) is 24.5 Å². The number of carbonyl (C=O) groups is 1. The Hall–Kier alpha value is -1.38. The van der Waals surface area contributed by atoms with Crippen LogP contribution in [0.2, 0.25) is 0 Å². The molecule has 0 saturated heterocycles. The van der Waals surface area contributed by atoms with Crippen molar-refractivity contribution in [2.45, 2.75) is 6.92 Å². The van der Waals surface area contributed by atoms with Crippen LogP contribution in [-0.4, -0.2) is 10.9 Å². The third kappa shape index (κ3) is 1.85. The Morgan fingerprint density at radius 3 is 2.60 bits per heavy atom. The first-order valence-corrected chi connectivity index (χ1v) is 2.91. The van der Waals surface area contributed by atoms with E-state index in [9.17, 15) is 4.79 Å². The van der Waals surface area contributed by atoms with Crippen LogP contribution in [0.15, 0.2) is 24.5 Å². The molecule has 0 N–H and O–H groups in total. The summed E-state index contributed by atoms with van der Waals surface area (Å²) < 4.78 is 0. The number of hydrogen-bond acceptors (Lipinski definition) is 2. The van der Waals surface area contributed by atoms with Gasteiger partial charge in [-0.15, -0.1) is 0 Å². The molecule has 10 heavy (non-hydrogen) atoms. The van der Waals surface area contributed by atoms with Gasteiger partial charge in [0.1, 0.15) is 0 Å². The van der Waals surface area contributed by atoms with Crippen molar-refractivity contribution in [3.63, 3.8) is 0 Å². The monoisotopic (exact) mass is 135 g/mol. The van der Waals surface area contributed by atoms with Crippen molar-refractivity contribution in [3.05, 3.63) is 24.5 Å². The van der Waals surface area contributed by atoms with E-state index >= 15 is 0 Å². The molecule has 51 valence electrons. The first-order valence-electron chi connectivity index (χ1n) is 2.91. The van der Waals surface area contributed by atoms with Crippen molar-refractivity contribution < 1.29 is 4.79 Å². The maximum absolute atomic E-state index is 10.4. The van der Waals surface area contributed by atoms with Crippen molar-refractivity contribution in [1.29, 1.82) is 0 Å². The zero-order chi connectivity index (χ0) is 7.40. The summed E-state index contributed by atoms with van der Waals surface area (Å²) in [5, 5.41) is 3.68. The van der Waals surface area contributed by atoms with E-state index in [4.69, 9.17) is 0 Å². The van der Waals surface area contributed by atoms with E-state index in [2.05, 4.69) is 10.3 Å². The summed E-state index contributed by atoms with van der Waals surface area (Å²) in [6, 6.07) is 3.36. The average molecular weight is 135 g/mol. The summed E-state index contributed by atoms with van der Waals surface area (Å²) in [6.45, 7) is 1.42. The molecule has 1 radical (unpaired) electrons. The van der Waals surface area contributed by atoms with Crippen LogP contribution in [0.4, 0.5) is 5.69 Å². The number of aromatic nitrogens is 1. The number of nitrogens with zero attached hydrogens (tertiary/aromatic N) is 2. The van der Waals surface area contributed by atoms with Gasteiger partial charge in [0.15, 0.2) is 0 Å². The minimum absolute atomic E-state index is 0.189. The predicted octanol–water partition coefficient (Wildman–Crippen LogP) is 0.864. The highest BCUT2D eigenvalue weighted by Gasteiger charge is 1.93. The molecule has 3 nitrogen and oxygen atoms in total. The van der Waals surface area contributed by atoms with Gasteiger partial charge in [0.05, 0.1) is 5.69 Å². The van der Waals surface area contributed by atoms with E-state index in [0.29, 0.717) is 5.69 Å². The Balaban J connectivity index is 2.67. The second-order valence-corrected chi connectivity index (χ2v) is 1.84. The van der Waals surface area contributed by atoms with Crippen molar-refractivity contribution in [2.75, 3.05) is 0 Å². The molecule has 0 fully saturated rings. The van der Waals surface area contributed by atoms with E-state index in [0.717, 1.165) is 0 Å². The van der Waals surface area contributed by atoms with E-state index in [1.807, 2.05) is 0 Å². The number of hydrogen-bond donors (Lipinski definition) is 0. The van der Waals surface area contributed by atoms with Crippen LogP contribution in [0, 0.1) is 0 Å². The SMILES string of the molecule is CC(=O)[N]c1ccncc1. The molecule has 0 spiro atoms. The lowest BCUT2D eigenvalue weighted by Crippen LogP contribution is -2.03. The fourth-order valence-electron chi connectivity index (χ4n) is 0.600. The molecule has 0 unspecified atom stereocenters. The lowest BCUT2D eigenvalue weighted by atomic mass is 10.4. The molecular weight excluding hydrogens is 128 g/mol. The van der Waals surface area contributed by atoms with Crippen molar-refractivity contribution in [3.8, 4) is 0 Å². The number of pyridine rings is 1. The number of rotatable bonds is 1. The normalized spacial score (nSPS) is 8.90. The summed E-state index contributed by atoms with van der Waals surface area (Å²) in [5.74, 6) is -0.189. The summed E-state index contributed by atoms with van der Waals surface area (Å²) in [7, 11) is 0. The zero-order valence-corrected chi connectivity index (χ0v) is 5.61. The summed E-state index contributed by atoms with van der Waals surface area (Å²) >= 11 is 0. The molecule has 0 aliphatic heterocycles. The molecule has 1 aromatic rings. The molecule has 0 aliphatic rings. The van der Waals surface area contributed by atoms with Gasteiger partial charge in [-0.2, -0.15) is 0 Å². The van der Waals surface area contributed by atoms with Crippen molar-refractivity contribution in [2.24, 2.45) is 0 Å². The standard InChI is InChI=1S/C7H7N2O/c1-6(10)9-7-2-4-8-5-3-7/h2-5H,1H3. The largest absolute Gasteiger partial charge is 0.273 e. The first-order chi connectivity index (χ1) is 4.79. The van der Waals surface area contributed by atoms with Crippen LogP contribution < -0.4 is 5.32 Å². The quantitative estimate of drug-likeness (QED) is 0.573. The minimum Gasteiger partial charge on any atom is -0.273 e. The Kier molecular flexibility index (Phi) is 1.99. The maximum Gasteiger partial charge on any atom is 0.243 e. The van der Waals surface area contributed by atoms with E-state index in [-0.39, 0.29) is 5.91 Å². The topological polar surface area (TPSA) is 44.1 Å². The van der Waals surface area contributed by atoms with Crippen molar-refractivity contribution in [1.82, 2.24) is 10.3 Å². The Morgan fingerprint density at radius 1 is 1.50 bits per heavy atom. The van der Waals surface area contributed by atoms with Crippen LogP contribution in [0.5, 0.6) is 0 Å². The first kappa shape index (κ1) is 6.74. The molecule has 1 rings (SSSR count). The second-order valence-electron chi connectivity index (χ2n) is 1.84. The van der Waals surface area contributed by atoms with Gasteiger partial charge in [-0.05, 0) is 12.1 Å². The smallest absolute Gasteiger partial charge is 0.243 e. The highest BCUT2D eigenvalue weighted by Crippen LogP contribution is 2.01. The molecule has 0 saturated carbocycles. The van der Waals surface area contributed by atoms with E-state index < -0.39 is 0 Å². The Bertz CT molecular complexity index is 220. The van der Waals surface area contributed by atoms with Crippen LogP contribution in [0.3, 0.4) is 0 Å². The summed E-state index contributed by atoms with van der Waals surface area (Å²) in [4.78, 5) is 14.2. The molecule has 1 heterocycles. The Labute approximate surface area is 59.1 Å². The van der Waals surface area contributed by atoms with Gasteiger partial charge in [-0.1, -0.05) is 0 Å². The Morgan fingerprint density at radius 2 is 2.10 bits per heavy atom. The van der Waals surface area contributed by atoms with Gasteiger partial charge in [0.2, 0.25) is 5.91 Å². The molecule has 0 atom stereocenters. The number of carbonyl (C=O) groups excluding carboxylic acids is 1. The number of amides is 1. The van der Waals surface area contributed by atoms with Crippen LogP contribution in [0.1, 0.15) is 6.92 Å². The van der Waals surface area contributed by atoms with Gasteiger partial charge >= 0.3 is 0 Å². The lowest BCUT2D eigenvalue weighted by Gasteiger charge is -1.93. The van der Waals surface area contributed by atoms with Gasteiger partial charge in [0.25, 0.3) is 0 Å². The summed E-state index contributed by atoms with van der Waals surface area (Å²) in [6.07, 6.45) is 3.20. The molecule has 0 aliphatic carbocycles. The highest BCUT2D eigenvalue weighted by molar-refractivity contribution is 5.77. The molecule has 1 aromatic heterocycles. The molecule has 0 aromatic carbocycles. The fraction of sp³-hybridized carbons (Fsp3) is 0.143. The molecule has 1 amide bonds. The fourth-order valence-corrected chi connectivity index (χ4v) is 0.600. The van der Waals surface area contributed by atoms with E-state index in [1.165, 1.54) is 6.92 Å². The average Bonchev–Trinajstić information content (AvgIpc) is 1.88. The van der Waals surface area contributed by atoms with Gasteiger partial charge in [-0.25, -0.2) is 5.32 Å². The third-order valence-corrected chi connectivity index (χ3v) is 0.949. The molecular formula is C7H7N2O. The maximum atomic E-state index is 10.4. The minimum atomic E-state index is -0.189. The predicted molar refractivity (Wildman–Crippen MR) is 36.7 cm³/mol. The zero-order valence-electron chi connectivity index (χ0n) is 5.61. The van der Waals surface area contributed by atoms with Crippen molar-refractivity contribution >= 4 is 11.6 Å². The molecule has 3 heteroatoms. The van der Waals surface area contributed by atoms with Gasteiger partial charge in [-0.3, -0.25) is 9.78 Å². The second kappa shape index (κ2) is 2.96. The molecule has 0 bridgehead atoms. The third-order valence-electron chi connectivity index (χ3n) is 0.949. The van der Waals surface area contributed by atoms with Crippen LogP contribution in [0.25, 0.3) is 0 Å². The van der Waals surface area contributed by atoms with Gasteiger partial charge < -0.3 is 0 Å². The van der Waals surface area contributed by atoms with Gasteiger partial charge in [0, 0.05) is 19.3 Å². The lowest BCUT2D eigenvalue weighted by molar-refractivity contribution is -0.118. The van der Waals surface area contributed by atoms with Crippen LogP contribution >= 0.6 is 0 Å². The highest BCUT2D eigenvalue weighted by atomic mass is 16.1.